The number of nitrogens with two attached hydrogens (primary N) is 1. The lowest BCUT2D eigenvalue weighted by Gasteiger charge is -2.20. The van der Waals surface area contributed by atoms with Crippen LogP contribution < -0.4 is 16.5 Å². The lowest BCUT2D eigenvalue weighted by atomic mass is 10.1. The van der Waals surface area contributed by atoms with E-state index in [2.05, 4.69) is 22.1 Å². The van der Waals surface area contributed by atoms with Crippen LogP contribution in [0.3, 0.4) is 0 Å². The molecule has 0 aromatic heterocycles. The van der Waals surface area contributed by atoms with Crippen molar-refractivity contribution in [3.05, 3.63) is 70.8 Å². The number of aliphatic hydroxyl groups is 1. The van der Waals surface area contributed by atoms with Crippen LogP contribution in [-0.4, -0.2) is 58.3 Å². The summed E-state index contributed by atoms with van der Waals surface area (Å²) in [6.45, 7) is 4.01. The molecule has 0 bridgehead atoms. The molecule has 0 aliphatic carbocycles. The van der Waals surface area contributed by atoms with Crippen LogP contribution in [0.25, 0.3) is 0 Å². The van der Waals surface area contributed by atoms with Crippen molar-refractivity contribution in [1.29, 1.82) is 0 Å². The summed E-state index contributed by atoms with van der Waals surface area (Å²) < 4.78 is 0. The Morgan fingerprint density at radius 3 is 2.22 bits per heavy atom. The third kappa shape index (κ3) is 6.39. The minimum atomic E-state index is -1.05. The van der Waals surface area contributed by atoms with Crippen molar-refractivity contribution in [3.8, 4) is 11.8 Å². The van der Waals surface area contributed by atoms with Crippen LogP contribution in [0, 0.1) is 11.8 Å². The number of β-amino-alcohol motifs (C(OH)–C–C–N with tert-alkyl or cyclic N) is 1. The predicted molar refractivity (Wildman–Crippen MR) is 120 cm³/mol. The Hall–Kier alpha value is -3.22. The lowest BCUT2D eigenvalue weighted by molar-refractivity contribution is -0.131. The van der Waals surface area contributed by atoms with Crippen molar-refractivity contribution in [3.63, 3.8) is 0 Å². The third-order valence-corrected chi connectivity index (χ3v) is 5.31. The van der Waals surface area contributed by atoms with Crippen LogP contribution in [0.2, 0.25) is 0 Å². The molecular weight excluding hydrogens is 408 g/mol. The summed E-state index contributed by atoms with van der Waals surface area (Å²) >= 11 is 0. The monoisotopic (exact) mass is 436 g/mol. The van der Waals surface area contributed by atoms with Crippen LogP contribution in [0.15, 0.2) is 48.5 Å². The average molecular weight is 437 g/mol. The SMILES string of the molecule is C[C@@H](N)[C@H](NC(=O)c1ccc(C#Cc2ccc(CN3CCC(O)C3)cc2)cc1)C(=O)NO. The van der Waals surface area contributed by atoms with Gasteiger partial charge in [-0.2, -0.15) is 0 Å². The van der Waals surface area contributed by atoms with E-state index in [4.69, 9.17) is 10.9 Å². The number of aliphatic hydroxyl groups excluding tert-OH is 1. The second-order valence-corrected chi connectivity index (χ2v) is 7.99. The van der Waals surface area contributed by atoms with Crippen LogP contribution in [-0.2, 0) is 11.3 Å². The molecule has 8 nitrogen and oxygen atoms in total. The number of carbonyl (C=O) groups excluding carboxylic acids is 2. The fraction of sp³-hybridized carbons (Fsp3) is 0.333. The van der Waals surface area contributed by atoms with Gasteiger partial charge in [0.05, 0.1) is 6.10 Å². The molecule has 2 aromatic carbocycles. The Morgan fingerprint density at radius 1 is 1.12 bits per heavy atom. The molecule has 1 saturated heterocycles. The summed E-state index contributed by atoms with van der Waals surface area (Å²) in [6.07, 6.45) is 0.609. The van der Waals surface area contributed by atoms with Gasteiger partial charge in [-0.05, 0) is 55.3 Å². The first-order valence-electron chi connectivity index (χ1n) is 10.5. The number of nitrogens with one attached hydrogen (secondary N) is 2. The minimum absolute atomic E-state index is 0.219. The summed E-state index contributed by atoms with van der Waals surface area (Å²) in [5.74, 6) is 4.92. The zero-order valence-corrected chi connectivity index (χ0v) is 17.9. The molecule has 0 radical (unpaired) electrons. The molecule has 2 aromatic rings. The highest BCUT2D eigenvalue weighted by atomic mass is 16.5. The number of nitrogens with zero attached hydrogens (tertiary/aromatic N) is 1. The first-order chi connectivity index (χ1) is 15.4. The lowest BCUT2D eigenvalue weighted by Crippen LogP contribution is -2.54. The number of amides is 2. The molecule has 2 amide bonds. The van der Waals surface area contributed by atoms with E-state index in [9.17, 15) is 14.7 Å². The van der Waals surface area contributed by atoms with Crippen molar-refractivity contribution in [2.75, 3.05) is 13.1 Å². The number of hydroxylamine groups is 1. The van der Waals surface area contributed by atoms with Crippen molar-refractivity contribution in [2.45, 2.75) is 38.1 Å². The molecule has 3 rings (SSSR count). The van der Waals surface area contributed by atoms with Gasteiger partial charge in [0.25, 0.3) is 11.8 Å². The molecule has 168 valence electrons. The molecular formula is C24H28N4O4. The quantitative estimate of drug-likeness (QED) is 0.256. The molecule has 1 heterocycles. The minimum Gasteiger partial charge on any atom is -0.392 e. The zero-order chi connectivity index (χ0) is 23.1. The normalized spacial score (nSPS) is 17.7. The number of carbonyl (C=O) groups is 2. The van der Waals surface area contributed by atoms with Gasteiger partial charge in [0.15, 0.2) is 0 Å². The predicted octanol–water partition coefficient (Wildman–Crippen LogP) is 0.604. The highest BCUT2D eigenvalue weighted by molar-refractivity contribution is 5.97. The van der Waals surface area contributed by atoms with E-state index < -0.39 is 23.9 Å². The smallest absolute Gasteiger partial charge is 0.267 e. The van der Waals surface area contributed by atoms with Gasteiger partial charge in [-0.25, -0.2) is 5.48 Å². The van der Waals surface area contributed by atoms with E-state index in [-0.39, 0.29) is 6.10 Å². The maximum Gasteiger partial charge on any atom is 0.267 e. The van der Waals surface area contributed by atoms with Crippen molar-refractivity contribution < 1.29 is 19.9 Å². The van der Waals surface area contributed by atoms with E-state index in [1.807, 2.05) is 24.3 Å². The van der Waals surface area contributed by atoms with E-state index in [1.165, 1.54) is 11.0 Å². The standard InChI is InChI=1S/C24H28N4O4/c1-16(25)22(24(31)27-32)26-23(30)20-10-8-18(9-11-20)3-2-17-4-6-19(7-5-17)14-28-13-12-21(29)15-28/h4-11,16,21-22,29,32H,12-15,25H2,1H3,(H,26,30)(H,27,31)/t16-,21?,22+/m1/s1. The molecule has 1 unspecified atom stereocenters. The number of hydrogen-bond acceptors (Lipinski definition) is 6. The third-order valence-electron chi connectivity index (χ3n) is 5.31. The summed E-state index contributed by atoms with van der Waals surface area (Å²) in [6, 6.07) is 13.0. The topological polar surface area (TPSA) is 128 Å². The highest BCUT2D eigenvalue weighted by Crippen LogP contribution is 2.14. The summed E-state index contributed by atoms with van der Waals surface area (Å²) in [5, 5.41) is 20.9. The summed E-state index contributed by atoms with van der Waals surface area (Å²) in [5.41, 5.74) is 10.4. The second kappa shape index (κ2) is 10.9. The van der Waals surface area contributed by atoms with E-state index >= 15 is 0 Å². The molecule has 0 saturated carbocycles. The van der Waals surface area contributed by atoms with E-state index in [0.717, 1.165) is 37.2 Å². The first-order valence-corrected chi connectivity index (χ1v) is 10.5. The van der Waals surface area contributed by atoms with Gasteiger partial charge in [-0.15, -0.1) is 0 Å². The van der Waals surface area contributed by atoms with Crippen LogP contribution in [0.1, 0.15) is 40.4 Å². The molecule has 3 atom stereocenters. The van der Waals surface area contributed by atoms with Gasteiger partial charge in [-0.3, -0.25) is 19.7 Å². The van der Waals surface area contributed by atoms with Gasteiger partial charge in [0.2, 0.25) is 0 Å². The second-order valence-electron chi connectivity index (χ2n) is 7.99. The van der Waals surface area contributed by atoms with Gasteiger partial charge < -0.3 is 16.2 Å². The van der Waals surface area contributed by atoms with Crippen molar-refractivity contribution in [2.24, 2.45) is 5.73 Å². The Labute approximate surface area is 187 Å². The van der Waals surface area contributed by atoms with E-state index in [1.54, 1.807) is 31.2 Å². The molecule has 1 fully saturated rings. The summed E-state index contributed by atoms with van der Waals surface area (Å²) in [4.78, 5) is 26.2. The molecule has 1 aliphatic heterocycles. The number of likely N-dealkylation sites (tertiary alicyclic amines) is 1. The zero-order valence-electron chi connectivity index (χ0n) is 17.9. The molecule has 8 heteroatoms. The van der Waals surface area contributed by atoms with Crippen molar-refractivity contribution >= 4 is 11.8 Å². The Morgan fingerprint density at radius 2 is 1.72 bits per heavy atom. The average Bonchev–Trinajstić information content (AvgIpc) is 3.20. The summed E-state index contributed by atoms with van der Waals surface area (Å²) in [7, 11) is 0. The Kier molecular flexibility index (Phi) is 7.98. The van der Waals surface area contributed by atoms with E-state index in [0.29, 0.717) is 5.56 Å². The maximum atomic E-state index is 12.4. The fourth-order valence-corrected chi connectivity index (χ4v) is 3.49. The largest absolute Gasteiger partial charge is 0.392 e. The number of benzene rings is 2. The molecule has 6 N–H and O–H groups in total. The van der Waals surface area contributed by atoms with Gasteiger partial charge in [0.1, 0.15) is 6.04 Å². The maximum absolute atomic E-state index is 12.4. The van der Waals surface area contributed by atoms with Crippen molar-refractivity contribution in [1.82, 2.24) is 15.7 Å². The molecule has 0 spiro atoms. The van der Waals surface area contributed by atoms with Crippen LogP contribution in [0.4, 0.5) is 0 Å². The van der Waals surface area contributed by atoms with Gasteiger partial charge in [-0.1, -0.05) is 24.0 Å². The van der Waals surface area contributed by atoms with Gasteiger partial charge >= 0.3 is 0 Å². The molecule has 32 heavy (non-hydrogen) atoms. The fourth-order valence-electron chi connectivity index (χ4n) is 3.49. The molecule has 1 aliphatic rings. The number of rotatable bonds is 6. The number of hydrogen-bond donors (Lipinski definition) is 5. The highest BCUT2D eigenvalue weighted by Gasteiger charge is 2.24. The van der Waals surface area contributed by atoms with Gasteiger partial charge in [0, 0.05) is 42.4 Å². The first kappa shape index (κ1) is 23.4. The van der Waals surface area contributed by atoms with Crippen LogP contribution in [0.5, 0.6) is 0 Å². The van der Waals surface area contributed by atoms with Crippen LogP contribution >= 0.6 is 0 Å². The Bertz CT molecular complexity index is 993. The Balaban J connectivity index is 1.59.